The number of nitrogens with one attached hydrogen (secondary N) is 2. The third kappa shape index (κ3) is 6.76. The molecule has 1 aromatic heterocycles. The molecule has 2 unspecified atom stereocenters. The Kier molecular flexibility index (Phi) is 9.57. The van der Waals surface area contributed by atoms with Gasteiger partial charge in [-0.15, -0.1) is 12.4 Å². The van der Waals surface area contributed by atoms with Crippen LogP contribution in [0.15, 0.2) is 48.7 Å². The summed E-state index contributed by atoms with van der Waals surface area (Å²) in [6.45, 7) is 4.49. The Labute approximate surface area is 221 Å². The third-order valence-electron chi connectivity index (χ3n) is 5.85. The molecular formula is C25H28Cl3N5O2. The van der Waals surface area contributed by atoms with E-state index in [1.54, 1.807) is 36.5 Å². The molecule has 0 bridgehead atoms. The number of hydrogen-bond acceptors (Lipinski definition) is 6. The summed E-state index contributed by atoms with van der Waals surface area (Å²) in [4.78, 5) is 21.3. The number of ether oxygens (including phenoxy) is 1. The molecule has 186 valence electrons. The minimum atomic E-state index is -0.488. The topological polar surface area (TPSA) is 102 Å². The molecule has 1 aliphatic rings. The summed E-state index contributed by atoms with van der Waals surface area (Å²) in [5.41, 5.74) is 8.61. The molecule has 3 aromatic rings. The van der Waals surface area contributed by atoms with Crippen LogP contribution in [0, 0.1) is 5.92 Å². The van der Waals surface area contributed by atoms with Crippen LogP contribution in [-0.4, -0.2) is 35.5 Å². The fourth-order valence-corrected chi connectivity index (χ4v) is 4.67. The molecule has 10 heteroatoms. The van der Waals surface area contributed by atoms with Crippen molar-refractivity contribution >= 4 is 47.3 Å². The largest absolute Gasteiger partial charge is 0.467 e. The maximum absolute atomic E-state index is 12.5. The normalized spacial score (nSPS) is 16.1. The number of carbonyl (C=O) groups excluding carboxylic acids is 1. The second kappa shape index (κ2) is 12.4. The van der Waals surface area contributed by atoms with Crippen LogP contribution >= 0.6 is 35.6 Å². The van der Waals surface area contributed by atoms with Gasteiger partial charge in [0.1, 0.15) is 6.10 Å². The average molecular weight is 537 g/mol. The minimum absolute atomic E-state index is 0. The van der Waals surface area contributed by atoms with E-state index in [0.717, 1.165) is 31.5 Å². The van der Waals surface area contributed by atoms with Gasteiger partial charge in [-0.1, -0.05) is 41.4 Å². The molecule has 1 saturated heterocycles. The van der Waals surface area contributed by atoms with Gasteiger partial charge in [0.15, 0.2) is 5.82 Å². The lowest BCUT2D eigenvalue weighted by Gasteiger charge is -2.22. The molecule has 35 heavy (non-hydrogen) atoms. The highest BCUT2D eigenvalue weighted by molar-refractivity contribution is 6.36. The van der Waals surface area contributed by atoms with Crippen LogP contribution in [0.25, 0.3) is 11.3 Å². The van der Waals surface area contributed by atoms with Crippen LogP contribution in [0.4, 0.5) is 5.82 Å². The Morgan fingerprint density at radius 3 is 2.60 bits per heavy atom. The number of nitrogen functional groups attached to an aromatic ring is 1. The molecule has 1 aliphatic heterocycles. The van der Waals surface area contributed by atoms with Crippen molar-refractivity contribution in [1.82, 2.24) is 20.6 Å². The summed E-state index contributed by atoms with van der Waals surface area (Å²) in [5.74, 6) is 0.731. The molecule has 2 heterocycles. The van der Waals surface area contributed by atoms with Gasteiger partial charge in [0, 0.05) is 33.3 Å². The van der Waals surface area contributed by atoms with Gasteiger partial charge >= 0.3 is 0 Å². The number of hydrogen-bond donors (Lipinski definition) is 3. The predicted octanol–water partition coefficient (Wildman–Crippen LogP) is 5.32. The highest BCUT2D eigenvalue weighted by Gasteiger charge is 2.19. The van der Waals surface area contributed by atoms with Crippen LogP contribution < -0.4 is 21.1 Å². The standard InChI is InChI=1S/C25H27Cl2N5O2.ClH/c1-15(22-19(26)5-2-6-20(22)27)34-25-23(28)30-14-21(32-25)17-7-9-18(10-8-17)24(33)31-13-16-4-3-11-29-12-16;/h2,5-10,14-16,29H,3-4,11-13H2,1H3,(H2,28,30)(H,31,33);1H. The van der Waals surface area contributed by atoms with Crippen LogP contribution in [0.5, 0.6) is 5.88 Å². The first-order valence-electron chi connectivity index (χ1n) is 11.2. The quantitative estimate of drug-likeness (QED) is 0.377. The van der Waals surface area contributed by atoms with E-state index >= 15 is 0 Å². The number of piperidine rings is 1. The smallest absolute Gasteiger partial charge is 0.258 e. The Hall–Kier alpha value is -2.58. The zero-order valence-corrected chi connectivity index (χ0v) is 21.6. The molecular weight excluding hydrogens is 509 g/mol. The van der Waals surface area contributed by atoms with Crippen molar-refractivity contribution in [3.05, 3.63) is 69.8 Å². The molecule has 4 rings (SSSR count). The number of nitrogens with zero attached hydrogens (tertiary/aromatic N) is 2. The van der Waals surface area contributed by atoms with E-state index in [1.165, 1.54) is 0 Å². The Morgan fingerprint density at radius 2 is 1.94 bits per heavy atom. The lowest BCUT2D eigenvalue weighted by molar-refractivity contribution is 0.0945. The number of nitrogens with two attached hydrogens (primary N) is 1. The Bertz CT molecular complexity index is 1130. The lowest BCUT2D eigenvalue weighted by atomic mass is 9.99. The first-order valence-corrected chi connectivity index (χ1v) is 12.0. The third-order valence-corrected chi connectivity index (χ3v) is 6.51. The monoisotopic (exact) mass is 535 g/mol. The maximum atomic E-state index is 12.5. The van der Waals surface area contributed by atoms with Crippen molar-refractivity contribution in [3.63, 3.8) is 0 Å². The van der Waals surface area contributed by atoms with Crippen molar-refractivity contribution in [2.24, 2.45) is 5.92 Å². The molecule has 1 amide bonds. The van der Waals surface area contributed by atoms with Gasteiger partial charge in [-0.2, -0.15) is 0 Å². The van der Waals surface area contributed by atoms with Crippen molar-refractivity contribution in [1.29, 1.82) is 0 Å². The van der Waals surface area contributed by atoms with E-state index in [2.05, 4.69) is 20.6 Å². The number of amides is 1. The first kappa shape index (κ1) is 27.0. The van der Waals surface area contributed by atoms with Crippen LogP contribution in [0.2, 0.25) is 10.0 Å². The second-order valence-corrected chi connectivity index (χ2v) is 9.16. The van der Waals surface area contributed by atoms with E-state index < -0.39 is 6.10 Å². The number of halogens is 3. The van der Waals surface area contributed by atoms with Crippen LogP contribution in [-0.2, 0) is 0 Å². The molecule has 2 aromatic carbocycles. The molecule has 0 spiro atoms. The maximum Gasteiger partial charge on any atom is 0.258 e. The summed E-state index contributed by atoms with van der Waals surface area (Å²) in [7, 11) is 0. The molecule has 7 nitrogen and oxygen atoms in total. The average Bonchev–Trinajstić information content (AvgIpc) is 2.84. The van der Waals surface area contributed by atoms with Crippen molar-refractivity contribution in [2.75, 3.05) is 25.4 Å². The first-order chi connectivity index (χ1) is 16.4. The summed E-state index contributed by atoms with van der Waals surface area (Å²) in [6.07, 6.45) is 3.36. The van der Waals surface area contributed by atoms with Gasteiger partial charge < -0.3 is 21.1 Å². The van der Waals surface area contributed by atoms with Gasteiger partial charge in [-0.3, -0.25) is 4.79 Å². The van der Waals surface area contributed by atoms with Crippen molar-refractivity contribution < 1.29 is 9.53 Å². The molecule has 0 radical (unpaired) electrons. The van der Waals surface area contributed by atoms with Crippen LogP contribution in [0.1, 0.15) is 41.8 Å². The van der Waals surface area contributed by atoms with Gasteiger partial charge in [0.2, 0.25) is 0 Å². The van der Waals surface area contributed by atoms with E-state index in [-0.39, 0.29) is 30.0 Å². The van der Waals surface area contributed by atoms with E-state index in [9.17, 15) is 4.79 Å². The Morgan fingerprint density at radius 1 is 1.23 bits per heavy atom. The van der Waals surface area contributed by atoms with E-state index in [4.69, 9.17) is 33.7 Å². The fraction of sp³-hybridized carbons (Fsp3) is 0.320. The summed E-state index contributed by atoms with van der Waals surface area (Å²) in [6, 6.07) is 12.5. The molecule has 0 saturated carbocycles. The molecule has 1 fully saturated rings. The highest BCUT2D eigenvalue weighted by Crippen LogP contribution is 2.34. The number of rotatable bonds is 7. The van der Waals surface area contributed by atoms with Gasteiger partial charge in [-0.05, 0) is 63.0 Å². The summed E-state index contributed by atoms with van der Waals surface area (Å²) >= 11 is 12.6. The van der Waals surface area contributed by atoms with Crippen LogP contribution in [0.3, 0.4) is 0 Å². The number of benzene rings is 2. The Balaban J connectivity index is 0.00000342. The van der Waals surface area contributed by atoms with Gasteiger partial charge in [-0.25, -0.2) is 9.97 Å². The second-order valence-electron chi connectivity index (χ2n) is 8.34. The molecule has 0 aliphatic carbocycles. The van der Waals surface area contributed by atoms with Crippen molar-refractivity contribution in [3.8, 4) is 17.1 Å². The van der Waals surface area contributed by atoms with Gasteiger partial charge in [0.25, 0.3) is 11.8 Å². The number of carbonyl (C=O) groups is 1. The minimum Gasteiger partial charge on any atom is -0.467 e. The summed E-state index contributed by atoms with van der Waals surface area (Å²) in [5, 5.41) is 7.38. The zero-order chi connectivity index (χ0) is 24.1. The van der Waals surface area contributed by atoms with Gasteiger partial charge in [0.05, 0.1) is 11.9 Å². The SMILES string of the molecule is CC(Oc1nc(-c2ccc(C(=O)NCC3CCCNC3)cc2)cnc1N)c1c(Cl)cccc1Cl.Cl. The molecule has 4 N–H and O–H groups in total. The van der Waals surface area contributed by atoms with Crippen molar-refractivity contribution in [2.45, 2.75) is 25.9 Å². The van der Waals surface area contributed by atoms with E-state index in [0.29, 0.717) is 39.3 Å². The molecule has 2 atom stereocenters. The summed E-state index contributed by atoms with van der Waals surface area (Å²) < 4.78 is 5.97. The lowest BCUT2D eigenvalue weighted by Crippen LogP contribution is -2.38. The van der Waals surface area contributed by atoms with E-state index in [1.807, 2.05) is 19.1 Å². The number of anilines is 1. The highest BCUT2D eigenvalue weighted by atomic mass is 35.5. The predicted molar refractivity (Wildman–Crippen MR) is 143 cm³/mol. The fourth-order valence-electron chi connectivity index (χ4n) is 3.96. The number of aromatic nitrogens is 2. The zero-order valence-electron chi connectivity index (χ0n) is 19.3.